The summed E-state index contributed by atoms with van der Waals surface area (Å²) in [5.41, 5.74) is 0.854. The smallest absolute Gasteiger partial charge is 0.233 e. The maximum atomic E-state index is 11.8. The molecule has 0 saturated heterocycles. The normalized spacial score (nSPS) is 9.79. The molecule has 0 aliphatic heterocycles. The van der Waals surface area contributed by atoms with Crippen molar-refractivity contribution in [1.29, 1.82) is 0 Å². The predicted molar refractivity (Wildman–Crippen MR) is 119 cm³/mol. The van der Waals surface area contributed by atoms with Crippen molar-refractivity contribution in [2.24, 2.45) is 0 Å². The Labute approximate surface area is 175 Å². The summed E-state index contributed by atoms with van der Waals surface area (Å²) in [6.07, 6.45) is 0. The summed E-state index contributed by atoms with van der Waals surface area (Å²) in [6.45, 7) is 0. The number of hydrogen-bond donors (Lipinski definition) is 0. The molecule has 0 aliphatic rings. The van der Waals surface area contributed by atoms with Crippen LogP contribution in [0.3, 0.4) is 0 Å². The van der Waals surface area contributed by atoms with Gasteiger partial charge in [-0.15, -0.1) is 0 Å². The Morgan fingerprint density at radius 1 is 0.414 bits per heavy atom. The van der Waals surface area contributed by atoms with E-state index >= 15 is 0 Å². The van der Waals surface area contributed by atoms with Gasteiger partial charge in [0, 0.05) is 20.9 Å². The maximum Gasteiger partial charge on any atom is 0.233 e. The number of carbonyl (C=O) groups is 2. The van der Waals surface area contributed by atoms with E-state index in [9.17, 15) is 9.59 Å². The molecule has 0 aromatic heterocycles. The second kappa shape index (κ2) is 10.8. The second-order valence-corrected chi connectivity index (χ2v) is 7.27. The average Bonchev–Trinajstić information content (AvgIpc) is 2.81. The summed E-state index contributed by atoms with van der Waals surface area (Å²) in [5, 5.41) is 0. The number of rotatable bonds is 5. The quantitative estimate of drug-likeness (QED) is 0.282. The van der Waals surface area contributed by atoms with Gasteiger partial charge in [-0.25, -0.2) is 0 Å². The van der Waals surface area contributed by atoms with Gasteiger partial charge in [-0.1, -0.05) is 109 Å². The first-order chi connectivity index (χ1) is 14.2. The Balaban J connectivity index is 0.000000169. The van der Waals surface area contributed by atoms with E-state index in [-0.39, 0.29) is 0 Å². The molecule has 0 radical (unpaired) electrons. The number of benzene rings is 4. The molecule has 2 nitrogen and oxygen atoms in total. The first-order valence-electron chi connectivity index (χ1n) is 9.21. The number of ketones is 2. The summed E-state index contributed by atoms with van der Waals surface area (Å²) in [6, 6.07) is 38.0. The average molecular weight is 397 g/mol. The van der Waals surface area contributed by atoms with E-state index in [1.54, 1.807) is 60.3 Å². The molecule has 0 fully saturated rings. The largest absolute Gasteiger partial charge is 0.285 e. The minimum atomic E-state index is -0.466. The van der Waals surface area contributed by atoms with E-state index in [0.717, 1.165) is 0 Å². The zero-order chi connectivity index (χ0) is 20.3. The fourth-order valence-corrected chi connectivity index (χ4v) is 3.41. The van der Waals surface area contributed by atoms with Crippen molar-refractivity contribution in [3.8, 4) is 0 Å². The van der Waals surface area contributed by atoms with Gasteiger partial charge >= 0.3 is 0 Å². The molecule has 0 aliphatic carbocycles. The molecule has 29 heavy (non-hydrogen) atoms. The third-order valence-electron chi connectivity index (χ3n) is 4.00. The molecular formula is C26H20O2S. The van der Waals surface area contributed by atoms with Gasteiger partial charge in [0.05, 0.1) is 0 Å². The highest BCUT2D eigenvalue weighted by atomic mass is 32.2. The summed E-state index contributed by atoms with van der Waals surface area (Å²) in [4.78, 5) is 26.2. The Kier molecular flexibility index (Phi) is 7.55. The second-order valence-electron chi connectivity index (χ2n) is 6.12. The van der Waals surface area contributed by atoms with Crippen molar-refractivity contribution in [1.82, 2.24) is 0 Å². The lowest BCUT2D eigenvalue weighted by Gasteiger charge is -1.99. The molecule has 0 bridgehead atoms. The lowest BCUT2D eigenvalue weighted by Crippen LogP contribution is -2.14. The van der Waals surface area contributed by atoms with Crippen molar-refractivity contribution < 1.29 is 9.59 Å². The summed E-state index contributed by atoms with van der Waals surface area (Å²) in [5.74, 6) is -0.932. The third-order valence-corrected chi connectivity index (χ3v) is 5.02. The summed E-state index contributed by atoms with van der Waals surface area (Å²) >= 11 is 1.79. The fourth-order valence-electron chi connectivity index (χ4n) is 2.55. The molecule has 0 unspecified atom stereocenters. The van der Waals surface area contributed by atoms with Gasteiger partial charge in [-0.05, 0) is 24.3 Å². The molecule has 0 heterocycles. The van der Waals surface area contributed by atoms with Gasteiger partial charge in [0.25, 0.3) is 0 Å². The van der Waals surface area contributed by atoms with Gasteiger partial charge in [-0.3, -0.25) is 9.59 Å². The SMILES string of the molecule is O=C(C(=O)c1ccccc1)c1ccccc1.c1ccc(Sc2ccccc2)cc1. The lowest BCUT2D eigenvalue weighted by molar-refractivity contribution is 0.0817. The lowest BCUT2D eigenvalue weighted by atomic mass is 10.0. The molecule has 0 atom stereocenters. The van der Waals surface area contributed by atoms with E-state index in [1.807, 2.05) is 24.3 Å². The van der Waals surface area contributed by atoms with Crippen molar-refractivity contribution in [3.63, 3.8) is 0 Å². The van der Waals surface area contributed by atoms with E-state index < -0.39 is 11.6 Å². The standard InChI is InChI=1S/C14H10O2.C12H10S/c15-13(11-7-3-1-4-8-11)14(16)12-9-5-2-6-10-12;1-3-7-11(8-4-1)13-12-9-5-2-6-10-12/h1-10H;1-10H. The first kappa shape index (κ1) is 20.3. The van der Waals surface area contributed by atoms with Crippen molar-refractivity contribution >= 4 is 23.3 Å². The van der Waals surface area contributed by atoms with Crippen LogP contribution in [0.25, 0.3) is 0 Å². The van der Waals surface area contributed by atoms with E-state index in [1.165, 1.54) is 9.79 Å². The van der Waals surface area contributed by atoms with Gasteiger partial charge in [0.1, 0.15) is 0 Å². The number of Topliss-reactive ketones (excluding diaryl/α,β-unsaturated/α-hetero) is 2. The van der Waals surface area contributed by atoms with Crippen molar-refractivity contribution in [2.75, 3.05) is 0 Å². The summed E-state index contributed by atoms with van der Waals surface area (Å²) in [7, 11) is 0. The highest BCUT2D eigenvalue weighted by molar-refractivity contribution is 7.99. The summed E-state index contributed by atoms with van der Waals surface area (Å²) < 4.78 is 0. The Bertz CT molecular complexity index is 944. The van der Waals surface area contributed by atoms with Crippen LogP contribution in [-0.2, 0) is 0 Å². The van der Waals surface area contributed by atoms with Gasteiger partial charge in [0.2, 0.25) is 11.6 Å². The first-order valence-corrected chi connectivity index (χ1v) is 10.0. The zero-order valence-corrected chi connectivity index (χ0v) is 16.6. The molecule has 4 rings (SSSR count). The van der Waals surface area contributed by atoms with Crippen LogP contribution in [0.1, 0.15) is 20.7 Å². The highest BCUT2D eigenvalue weighted by Gasteiger charge is 2.17. The van der Waals surface area contributed by atoms with Crippen molar-refractivity contribution in [3.05, 3.63) is 132 Å². The molecule has 0 N–H and O–H groups in total. The molecule has 142 valence electrons. The monoisotopic (exact) mass is 396 g/mol. The predicted octanol–water partition coefficient (Wildman–Crippen LogP) is 6.59. The van der Waals surface area contributed by atoms with E-state index in [2.05, 4.69) is 48.5 Å². The molecule has 0 amide bonds. The van der Waals surface area contributed by atoms with Crippen LogP contribution in [0.2, 0.25) is 0 Å². The topological polar surface area (TPSA) is 34.1 Å². The van der Waals surface area contributed by atoms with Gasteiger partial charge in [-0.2, -0.15) is 0 Å². The van der Waals surface area contributed by atoms with Crippen LogP contribution >= 0.6 is 11.8 Å². The molecule has 4 aromatic carbocycles. The highest BCUT2D eigenvalue weighted by Crippen LogP contribution is 2.26. The van der Waals surface area contributed by atoms with Crippen molar-refractivity contribution in [2.45, 2.75) is 9.79 Å². The molecule has 4 aromatic rings. The molecule has 0 spiro atoms. The van der Waals surface area contributed by atoms with Crippen LogP contribution in [0, 0.1) is 0 Å². The Hall–Kier alpha value is -3.43. The number of hydrogen-bond acceptors (Lipinski definition) is 3. The van der Waals surface area contributed by atoms with Crippen LogP contribution in [0.15, 0.2) is 131 Å². The van der Waals surface area contributed by atoms with Crippen LogP contribution in [0.5, 0.6) is 0 Å². The van der Waals surface area contributed by atoms with Gasteiger partial charge < -0.3 is 0 Å². The van der Waals surface area contributed by atoms with Crippen LogP contribution in [-0.4, -0.2) is 11.6 Å². The minimum Gasteiger partial charge on any atom is -0.285 e. The van der Waals surface area contributed by atoms with E-state index in [0.29, 0.717) is 11.1 Å². The van der Waals surface area contributed by atoms with Crippen LogP contribution in [0.4, 0.5) is 0 Å². The molecule has 0 saturated carbocycles. The van der Waals surface area contributed by atoms with Gasteiger partial charge in [0.15, 0.2) is 0 Å². The Morgan fingerprint density at radius 3 is 1.00 bits per heavy atom. The van der Waals surface area contributed by atoms with E-state index in [4.69, 9.17) is 0 Å². The Morgan fingerprint density at radius 2 is 0.690 bits per heavy atom. The third kappa shape index (κ3) is 6.30. The number of carbonyl (C=O) groups excluding carboxylic acids is 2. The molecular weight excluding hydrogens is 376 g/mol. The maximum absolute atomic E-state index is 11.8. The fraction of sp³-hybridized carbons (Fsp3) is 0. The van der Waals surface area contributed by atoms with Crippen LogP contribution < -0.4 is 0 Å². The minimum absolute atomic E-state index is 0.427. The zero-order valence-electron chi connectivity index (χ0n) is 15.8. The molecule has 3 heteroatoms.